The minimum absolute atomic E-state index is 0.000238. The fourth-order valence-electron chi connectivity index (χ4n) is 4.11. The van der Waals surface area contributed by atoms with Crippen molar-refractivity contribution in [3.63, 3.8) is 0 Å². The molecule has 0 spiro atoms. The highest BCUT2D eigenvalue weighted by Gasteiger charge is 2.49. The van der Waals surface area contributed by atoms with Gasteiger partial charge in [-0.15, -0.1) is 0 Å². The number of aromatic nitrogens is 1. The molecule has 0 radical (unpaired) electrons. The van der Waals surface area contributed by atoms with Crippen LogP contribution in [-0.4, -0.2) is 61.4 Å². The van der Waals surface area contributed by atoms with Crippen molar-refractivity contribution in [2.24, 2.45) is 11.3 Å². The molecule has 1 aromatic carbocycles. The Balaban J connectivity index is 1.70. The monoisotopic (exact) mass is 374 g/mol. The Morgan fingerprint density at radius 2 is 2.19 bits per heavy atom. The number of carboxylic acids is 1. The predicted molar refractivity (Wildman–Crippen MR) is 96.1 cm³/mol. The van der Waals surface area contributed by atoms with E-state index in [4.69, 9.17) is 14.0 Å². The van der Waals surface area contributed by atoms with E-state index in [1.807, 2.05) is 4.90 Å². The van der Waals surface area contributed by atoms with E-state index in [-0.39, 0.29) is 29.3 Å². The Kier molecular flexibility index (Phi) is 4.53. The Hall–Kier alpha value is -2.58. The number of carboxylic acid groups (broad SMARTS) is 1. The molecule has 8 nitrogen and oxygen atoms in total. The van der Waals surface area contributed by atoms with E-state index in [0.717, 1.165) is 6.42 Å². The molecule has 2 aliphatic heterocycles. The van der Waals surface area contributed by atoms with Crippen LogP contribution in [0.4, 0.5) is 5.82 Å². The van der Waals surface area contributed by atoms with Gasteiger partial charge < -0.3 is 29.1 Å². The zero-order valence-electron chi connectivity index (χ0n) is 15.1. The van der Waals surface area contributed by atoms with Gasteiger partial charge in [0, 0.05) is 30.7 Å². The molecule has 1 aromatic heterocycles. The fraction of sp³-hybridized carbons (Fsp3) is 0.474. The van der Waals surface area contributed by atoms with Gasteiger partial charge in [0.25, 0.3) is 0 Å². The Bertz CT molecular complexity index is 833. The van der Waals surface area contributed by atoms with Crippen molar-refractivity contribution in [3.05, 3.63) is 29.8 Å². The summed E-state index contributed by atoms with van der Waals surface area (Å²) in [5.74, 6) is 0.323. The van der Waals surface area contributed by atoms with Gasteiger partial charge >= 0.3 is 5.97 Å². The maximum absolute atomic E-state index is 12.0. The van der Waals surface area contributed by atoms with Gasteiger partial charge in [-0.2, -0.15) is 0 Å². The van der Waals surface area contributed by atoms with Gasteiger partial charge in [-0.05, 0) is 36.6 Å². The van der Waals surface area contributed by atoms with Crippen molar-refractivity contribution in [2.45, 2.75) is 6.42 Å². The Morgan fingerprint density at radius 1 is 1.41 bits per heavy atom. The van der Waals surface area contributed by atoms with Crippen LogP contribution in [0.1, 0.15) is 16.8 Å². The minimum atomic E-state index is -1.10. The standard InChI is InChI=1S/C19H22N2O6/c1-25-14-4-2-12(3-5-14)16-15(18(23)24)17(20-27-16)21-8-13-6-7-26-11-19(13,9-21)10-22/h2-5,13,22H,6-11H2,1H3,(H,23,24)/t13-,19+/m0/s1. The second-order valence-electron chi connectivity index (χ2n) is 7.18. The van der Waals surface area contributed by atoms with Crippen LogP contribution in [-0.2, 0) is 4.74 Å². The fourth-order valence-corrected chi connectivity index (χ4v) is 4.11. The summed E-state index contributed by atoms with van der Waals surface area (Å²) in [7, 11) is 1.57. The van der Waals surface area contributed by atoms with Crippen LogP contribution in [0.3, 0.4) is 0 Å². The molecule has 0 bridgehead atoms. The molecule has 2 fully saturated rings. The third kappa shape index (κ3) is 2.94. The average Bonchev–Trinajstić information content (AvgIpc) is 3.30. The molecule has 2 atom stereocenters. The second-order valence-corrected chi connectivity index (χ2v) is 7.18. The number of aliphatic hydroxyl groups excluding tert-OH is 1. The van der Waals surface area contributed by atoms with E-state index in [1.165, 1.54) is 0 Å². The average molecular weight is 374 g/mol. The largest absolute Gasteiger partial charge is 0.497 e. The Morgan fingerprint density at radius 3 is 2.81 bits per heavy atom. The van der Waals surface area contributed by atoms with Crippen LogP contribution in [0.25, 0.3) is 11.3 Å². The summed E-state index contributed by atoms with van der Waals surface area (Å²) in [6.07, 6.45) is 0.836. The maximum Gasteiger partial charge on any atom is 0.343 e. The molecule has 3 heterocycles. The van der Waals surface area contributed by atoms with E-state index in [9.17, 15) is 15.0 Å². The van der Waals surface area contributed by atoms with Gasteiger partial charge in [-0.25, -0.2) is 4.79 Å². The van der Waals surface area contributed by atoms with Crippen LogP contribution in [0.2, 0.25) is 0 Å². The van der Waals surface area contributed by atoms with Crippen LogP contribution in [0.5, 0.6) is 5.75 Å². The SMILES string of the molecule is COc1ccc(-c2onc(N3C[C@@H]4CCOC[C@]4(CO)C3)c2C(=O)O)cc1. The third-order valence-corrected chi connectivity index (χ3v) is 5.67. The van der Waals surface area contributed by atoms with Crippen molar-refractivity contribution in [2.75, 3.05) is 44.9 Å². The quantitative estimate of drug-likeness (QED) is 0.817. The number of hydrogen-bond donors (Lipinski definition) is 2. The number of aliphatic hydroxyl groups is 1. The molecule has 2 N–H and O–H groups in total. The first-order valence-corrected chi connectivity index (χ1v) is 8.89. The maximum atomic E-state index is 12.0. The summed E-state index contributed by atoms with van der Waals surface area (Å²) < 4.78 is 16.2. The number of aromatic carboxylic acids is 1. The number of hydrogen-bond acceptors (Lipinski definition) is 7. The summed E-state index contributed by atoms with van der Waals surface area (Å²) in [6, 6.07) is 6.96. The first-order chi connectivity index (χ1) is 13.1. The molecular weight excluding hydrogens is 352 g/mol. The normalized spacial score (nSPS) is 24.7. The number of methoxy groups -OCH3 is 1. The number of nitrogens with zero attached hydrogens (tertiary/aromatic N) is 2. The highest BCUT2D eigenvalue weighted by Crippen LogP contribution is 2.44. The van der Waals surface area contributed by atoms with Gasteiger partial charge in [-0.3, -0.25) is 0 Å². The van der Waals surface area contributed by atoms with E-state index in [1.54, 1.807) is 31.4 Å². The van der Waals surface area contributed by atoms with Gasteiger partial charge in [0.15, 0.2) is 17.1 Å². The van der Waals surface area contributed by atoms with Crippen molar-refractivity contribution in [3.8, 4) is 17.1 Å². The smallest absolute Gasteiger partial charge is 0.343 e. The highest BCUT2D eigenvalue weighted by molar-refractivity contribution is 5.99. The first-order valence-electron chi connectivity index (χ1n) is 8.89. The minimum Gasteiger partial charge on any atom is -0.497 e. The van der Waals surface area contributed by atoms with Gasteiger partial charge in [0.2, 0.25) is 0 Å². The Labute approximate surface area is 156 Å². The molecule has 27 heavy (non-hydrogen) atoms. The number of fused-ring (bicyclic) bond motifs is 1. The molecule has 4 rings (SSSR count). The predicted octanol–water partition coefficient (Wildman–Crippen LogP) is 1.88. The summed E-state index contributed by atoms with van der Waals surface area (Å²) >= 11 is 0. The van der Waals surface area contributed by atoms with Crippen LogP contribution in [0, 0.1) is 11.3 Å². The zero-order chi connectivity index (χ0) is 19.0. The van der Waals surface area contributed by atoms with Crippen molar-refractivity contribution < 1.29 is 29.0 Å². The second kappa shape index (κ2) is 6.86. The van der Waals surface area contributed by atoms with Crippen molar-refractivity contribution in [1.82, 2.24) is 5.16 Å². The molecular formula is C19H22N2O6. The topological polar surface area (TPSA) is 105 Å². The molecule has 0 saturated carbocycles. The van der Waals surface area contributed by atoms with E-state index < -0.39 is 5.97 Å². The number of anilines is 1. The molecule has 144 valence electrons. The number of rotatable bonds is 5. The van der Waals surface area contributed by atoms with E-state index >= 15 is 0 Å². The van der Waals surface area contributed by atoms with Crippen LogP contribution >= 0.6 is 0 Å². The summed E-state index contributed by atoms with van der Waals surface area (Å²) in [5, 5.41) is 23.8. The number of benzene rings is 1. The molecule has 2 aliphatic rings. The van der Waals surface area contributed by atoms with E-state index in [0.29, 0.717) is 43.4 Å². The van der Waals surface area contributed by atoms with Crippen LogP contribution < -0.4 is 9.64 Å². The lowest BCUT2D eigenvalue weighted by molar-refractivity contribution is -0.0543. The van der Waals surface area contributed by atoms with Crippen LogP contribution in [0.15, 0.2) is 28.8 Å². The lowest BCUT2D eigenvalue weighted by atomic mass is 9.76. The highest BCUT2D eigenvalue weighted by atomic mass is 16.5. The van der Waals surface area contributed by atoms with Gasteiger partial charge in [-0.1, -0.05) is 5.16 Å². The van der Waals surface area contributed by atoms with E-state index in [2.05, 4.69) is 5.16 Å². The lowest BCUT2D eigenvalue weighted by Crippen LogP contribution is -2.43. The van der Waals surface area contributed by atoms with Crippen molar-refractivity contribution in [1.29, 1.82) is 0 Å². The first kappa shape index (κ1) is 17.8. The molecule has 0 amide bonds. The zero-order valence-corrected chi connectivity index (χ0v) is 15.1. The molecule has 2 saturated heterocycles. The number of carbonyl (C=O) groups is 1. The molecule has 2 aromatic rings. The molecule has 8 heteroatoms. The molecule has 0 unspecified atom stereocenters. The summed E-state index contributed by atoms with van der Waals surface area (Å²) in [4.78, 5) is 13.9. The number of ether oxygens (including phenoxy) is 2. The third-order valence-electron chi connectivity index (χ3n) is 5.67. The lowest BCUT2D eigenvalue weighted by Gasteiger charge is -2.36. The molecule has 0 aliphatic carbocycles. The van der Waals surface area contributed by atoms with Gasteiger partial charge in [0.05, 0.1) is 20.3 Å². The summed E-state index contributed by atoms with van der Waals surface area (Å²) in [5.41, 5.74) is 0.268. The summed E-state index contributed by atoms with van der Waals surface area (Å²) in [6.45, 7) is 2.24. The van der Waals surface area contributed by atoms with Crippen molar-refractivity contribution >= 4 is 11.8 Å². The van der Waals surface area contributed by atoms with Gasteiger partial charge in [0.1, 0.15) is 5.75 Å².